The molecule has 0 saturated carbocycles. The van der Waals surface area contributed by atoms with Crippen molar-refractivity contribution in [2.75, 3.05) is 31.7 Å². The topological polar surface area (TPSA) is 51.7 Å². The van der Waals surface area contributed by atoms with Crippen molar-refractivity contribution in [1.29, 1.82) is 0 Å². The van der Waals surface area contributed by atoms with Gasteiger partial charge in [0.15, 0.2) is 5.13 Å². The molecule has 0 aliphatic carbocycles. The lowest BCUT2D eigenvalue weighted by atomic mass is 10.2. The second-order valence-corrected chi connectivity index (χ2v) is 5.23. The molecule has 0 radical (unpaired) electrons. The summed E-state index contributed by atoms with van der Waals surface area (Å²) in [6.45, 7) is 1.10. The van der Waals surface area contributed by atoms with Gasteiger partial charge in [-0.05, 0) is 0 Å². The molecule has 2 heterocycles. The first kappa shape index (κ1) is 15.0. The summed E-state index contributed by atoms with van der Waals surface area (Å²) in [5.74, 6) is -0.410. The van der Waals surface area contributed by atoms with Crippen molar-refractivity contribution < 1.29 is 27.4 Å². The van der Waals surface area contributed by atoms with E-state index >= 15 is 0 Å². The number of hydrogen-bond donors (Lipinski definition) is 0. The number of carbonyl (C=O) groups excluding carboxylic acids is 1. The smallest absolute Gasteiger partial charge is 0.427 e. The van der Waals surface area contributed by atoms with Gasteiger partial charge in [-0.2, -0.15) is 13.2 Å². The number of methoxy groups -OCH3 is 1. The summed E-state index contributed by atoms with van der Waals surface area (Å²) in [6, 6.07) is 0. The van der Waals surface area contributed by atoms with E-state index in [4.69, 9.17) is 4.74 Å². The molecule has 1 aromatic heterocycles. The van der Waals surface area contributed by atoms with Crippen LogP contribution in [0.2, 0.25) is 0 Å². The summed E-state index contributed by atoms with van der Waals surface area (Å²) in [5.41, 5.74) is 0. The zero-order valence-electron chi connectivity index (χ0n) is 10.6. The first-order valence-electron chi connectivity index (χ1n) is 5.86. The largest absolute Gasteiger partial charge is 0.469 e. The average Bonchev–Trinajstić information content (AvgIpc) is 2.88. The Morgan fingerprint density at radius 3 is 3.00 bits per heavy atom. The van der Waals surface area contributed by atoms with Gasteiger partial charge in [0.1, 0.15) is 4.88 Å². The number of alkyl halides is 3. The van der Waals surface area contributed by atoms with Gasteiger partial charge in [-0.15, -0.1) is 0 Å². The predicted molar refractivity (Wildman–Crippen MR) is 65.7 cm³/mol. The van der Waals surface area contributed by atoms with E-state index in [1.165, 1.54) is 7.11 Å². The van der Waals surface area contributed by atoms with Crippen molar-refractivity contribution in [3.05, 3.63) is 11.1 Å². The van der Waals surface area contributed by atoms with Gasteiger partial charge in [0, 0.05) is 13.1 Å². The highest BCUT2D eigenvalue weighted by atomic mass is 32.1. The van der Waals surface area contributed by atoms with E-state index < -0.39 is 23.1 Å². The Hall–Kier alpha value is -1.35. The number of morpholine rings is 1. The quantitative estimate of drug-likeness (QED) is 0.799. The normalized spacial score (nSPS) is 20.0. The number of rotatable bonds is 3. The number of nitrogens with zero attached hydrogens (tertiary/aromatic N) is 2. The Morgan fingerprint density at radius 2 is 2.40 bits per heavy atom. The van der Waals surface area contributed by atoms with Gasteiger partial charge in [0.05, 0.1) is 32.4 Å². The molecular weight excluding hydrogens is 297 g/mol. The first-order valence-corrected chi connectivity index (χ1v) is 6.68. The van der Waals surface area contributed by atoms with Crippen LogP contribution in [0, 0.1) is 0 Å². The molecule has 1 saturated heterocycles. The summed E-state index contributed by atoms with van der Waals surface area (Å²) in [4.78, 5) is 15.9. The number of aromatic nitrogens is 1. The van der Waals surface area contributed by atoms with Crippen LogP contribution in [0.3, 0.4) is 0 Å². The number of thiazole rings is 1. The van der Waals surface area contributed by atoms with E-state index in [2.05, 4.69) is 9.72 Å². The van der Waals surface area contributed by atoms with E-state index in [-0.39, 0.29) is 11.6 Å². The molecule has 0 bridgehead atoms. The second-order valence-electron chi connectivity index (χ2n) is 4.22. The fourth-order valence-electron chi connectivity index (χ4n) is 1.83. The third kappa shape index (κ3) is 3.60. The van der Waals surface area contributed by atoms with Crippen molar-refractivity contribution in [3.63, 3.8) is 0 Å². The standard InChI is InChI=1S/C11H13F3N2O3S/c1-18-9(17)4-7-6-16(2-3-19-7)10-15-5-8(20-10)11(12,13)14/h5,7H,2-4,6H2,1H3/t7-/m1/s1. The van der Waals surface area contributed by atoms with Crippen LogP contribution in [0.1, 0.15) is 11.3 Å². The minimum atomic E-state index is -4.38. The van der Waals surface area contributed by atoms with Crippen molar-refractivity contribution in [2.24, 2.45) is 0 Å². The summed E-state index contributed by atoms with van der Waals surface area (Å²) in [5, 5.41) is 0.287. The summed E-state index contributed by atoms with van der Waals surface area (Å²) in [7, 11) is 1.28. The van der Waals surface area contributed by atoms with E-state index in [0.717, 1.165) is 6.20 Å². The average molecular weight is 310 g/mol. The van der Waals surface area contributed by atoms with Crippen molar-refractivity contribution in [2.45, 2.75) is 18.7 Å². The second kappa shape index (κ2) is 5.96. The highest BCUT2D eigenvalue weighted by molar-refractivity contribution is 7.15. The van der Waals surface area contributed by atoms with Crippen LogP contribution in [-0.2, 0) is 20.4 Å². The molecule has 0 spiro atoms. The molecule has 9 heteroatoms. The SMILES string of the molecule is COC(=O)C[C@@H]1CN(c2ncc(C(F)(F)F)s2)CCO1. The monoisotopic (exact) mass is 310 g/mol. The molecule has 0 aromatic carbocycles. The Balaban J connectivity index is 2.02. The Labute approximate surface area is 117 Å². The zero-order chi connectivity index (χ0) is 14.8. The third-order valence-corrected chi connectivity index (χ3v) is 3.91. The lowest BCUT2D eigenvalue weighted by Crippen LogP contribution is -2.43. The summed E-state index contributed by atoms with van der Waals surface area (Å²) < 4.78 is 47.5. The maximum absolute atomic E-state index is 12.5. The molecule has 0 N–H and O–H groups in total. The highest BCUT2D eigenvalue weighted by Gasteiger charge is 2.34. The van der Waals surface area contributed by atoms with Gasteiger partial charge in [-0.25, -0.2) is 4.98 Å². The lowest BCUT2D eigenvalue weighted by Gasteiger charge is -2.32. The van der Waals surface area contributed by atoms with Crippen LogP contribution in [0.15, 0.2) is 6.20 Å². The predicted octanol–water partition coefficient (Wildman–Crippen LogP) is 1.93. The maximum atomic E-state index is 12.5. The molecule has 1 aromatic rings. The van der Waals surface area contributed by atoms with Gasteiger partial charge < -0.3 is 14.4 Å². The first-order chi connectivity index (χ1) is 9.40. The van der Waals surface area contributed by atoms with Crippen LogP contribution in [0.25, 0.3) is 0 Å². The Bertz CT molecular complexity index is 478. The van der Waals surface area contributed by atoms with Crippen LogP contribution < -0.4 is 4.90 Å². The molecule has 1 fully saturated rings. The van der Waals surface area contributed by atoms with E-state index in [9.17, 15) is 18.0 Å². The molecule has 0 amide bonds. The van der Waals surface area contributed by atoms with Crippen molar-refractivity contribution in [1.82, 2.24) is 4.98 Å². The summed E-state index contributed by atoms with van der Waals surface area (Å²) >= 11 is 0.591. The van der Waals surface area contributed by atoms with Crippen LogP contribution in [0.4, 0.5) is 18.3 Å². The minimum Gasteiger partial charge on any atom is -0.469 e. The van der Waals surface area contributed by atoms with Gasteiger partial charge in [-0.1, -0.05) is 11.3 Å². The Morgan fingerprint density at radius 1 is 1.65 bits per heavy atom. The van der Waals surface area contributed by atoms with Gasteiger partial charge >= 0.3 is 12.1 Å². The third-order valence-electron chi connectivity index (χ3n) is 2.80. The number of hydrogen-bond acceptors (Lipinski definition) is 6. The lowest BCUT2D eigenvalue weighted by molar-refractivity contribution is -0.144. The van der Waals surface area contributed by atoms with Crippen molar-refractivity contribution >= 4 is 22.4 Å². The number of halogens is 3. The van der Waals surface area contributed by atoms with Crippen LogP contribution >= 0.6 is 11.3 Å². The molecule has 1 aliphatic rings. The molecule has 112 valence electrons. The summed E-state index contributed by atoms with van der Waals surface area (Å²) in [6.07, 6.45) is -3.88. The molecule has 0 unspecified atom stereocenters. The Kier molecular flexibility index (Phi) is 4.48. The fourth-order valence-corrected chi connectivity index (χ4v) is 2.65. The number of ether oxygens (including phenoxy) is 2. The number of anilines is 1. The maximum Gasteiger partial charge on any atom is 0.427 e. The molecular formula is C11H13F3N2O3S. The molecule has 5 nitrogen and oxygen atoms in total. The molecule has 2 rings (SSSR count). The molecule has 1 atom stereocenters. The van der Waals surface area contributed by atoms with Gasteiger partial charge in [0.25, 0.3) is 0 Å². The number of carbonyl (C=O) groups is 1. The zero-order valence-corrected chi connectivity index (χ0v) is 11.5. The number of esters is 1. The van der Waals surface area contributed by atoms with Gasteiger partial charge in [0.2, 0.25) is 0 Å². The van der Waals surface area contributed by atoms with Crippen LogP contribution in [0.5, 0.6) is 0 Å². The van der Waals surface area contributed by atoms with Gasteiger partial charge in [-0.3, -0.25) is 4.79 Å². The van der Waals surface area contributed by atoms with E-state index in [1.54, 1.807) is 4.90 Å². The van der Waals surface area contributed by atoms with E-state index in [0.29, 0.717) is 31.0 Å². The fraction of sp³-hybridized carbons (Fsp3) is 0.636. The molecule has 1 aliphatic heterocycles. The minimum absolute atomic E-state index is 0.0739. The highest BCUT2D eigenvalue weighted by Crippen LogP contribution is 2.36. The van der Waals surface area contributed by atoms with E-state index in [1.807, 2.05) is 0 Å². The molecule has 20 heavy (non-hydrogen) atoms. The van der Waals surface area contributed by atoms with Crippen LogP contribution in [-0.4, -0.2) is 43.9 Å². The van der Waals surface area contributed by atoms with Crippen molar-refractivity contribution in [3.8, 4) is 0 Å².